The van der Waals surface area contributed by atoms with Crippen LogP contribution in [0.2, 0.25) is 0 Å². The van der Waals surface area contributed by atoms with Crippen molar-refractivity contribution < 1.29 is 9.21 Å². The maximum absolute atomic E-state index is 12.1. The second-order valence-corrected chi connectivity index (χ2v) is 6.22. The molecule has 1 fully saturated rings. The van der Waals surface area contributed by atoms with Gasteiger partial charge in [0.25, 0.3) is 0 Å². The van der Waals surface area contributed by atoms with Crippen LogP contribution in [0.4, 0.5) is 0 Å². The maximum Gasteiger partial charge on any atom is 0.137 e. The van der Waals surface area contributed by atoms with E-state index in [1.807, 2.05) is 12.1 Å². The molecule has 106 valence electrons. The molecule has 1 aliphatic rings. The SMILES string of the molecule is CC(C)C1CCC(=O)C(CN(C)Cc2ccco2)C1. The highest BCUT2D eigenvalue weighted by atomic mass is 16.3. The van der Waals surface area contributed by atoms with Crippen molar-refractivity contribution in [2.45, 2.75) is 39.7 Å². The standard InChI is InChI=1S/C16H25NO2/c1-12(2)13-6-7-16(18)14(9-13)10-17(3)11-15-5-4-8-19-15/h4-5,8,12-14H,6-7,9-11H2,1-3H3. The lowest BCUT2D eigenvalue weighted by Gasteiger charge is -2.32. The Bertz CT molecular complexity index is 397. The van der Waals surface area contributed by atoms with Crippen LogP contribution in [0.15, 0.2) is 22.8 Å². The van der Waals surface area contributed by atoms with Gasteiger partial charge in [0.1, 0.15) is 11.5 Å². The van der Waals surface area contributed by atoms with Gasteiger partial charge in [0.15, 0.2) is 0 Å². The molecule has 19 heavy (non-hydrogen) atoms. The summed E-state index contributed by atoms with van der Waals surface area (Å²) in [5.74, 6) is 3.01. The molecular formula is C16H25NO2. The normalized spacial score (nSPS) is 24.4. The van der Waals surface area contributed by atoms with Crippen LogP contribution in [0.3, 0.4) is 0 Å². The van der Waals surface area contributed by atoms with Crippen LogP contribution in [0.5, 0.6) is 0 Å². The molecule has 0 radical (unpaired) electrons. The second kappa shape index (κ2) is 6.38. The van der Waals surface area contributed by atoms with Crippen molar-refractivity contribution in [3.8, 4) is 0 Å². The monoisotopic (exact) mass is 263 g/mol. The Labute approximate surface area is 116 Å². The van der Waals surface area contributed by atoms with Crippen molar-refractivity contribution in [2.24, 2.45) is 17.8 Å². The van der Waals surface area contributed by atoms with E-state index in [0.717, 1.165) is 38.1 Å². The Hall–Kier alpha value is -1.09. The highest BCUT2D eigenvalue weighted by molar-refractivity contribution is 5.81. The number of ketones is 1. The zero-order valence-electron chi connectivity index (χ0n) is 12.3. The molecule has 1 heterocycles. The minimum atomic E-state index is 0.209. The van der Waals surface area contributed by atoms with Gasteiger partial charge in [-0.3, -0.25) is 9.69 Å². The van der Waals surface area contributed by atoms with Crippen molar-refractivity contribution in [1.29, 1.82) is 0 Å². The summed E-state index contributed by atoms with van der Waals surface area (Å²) in [7, 11) is 2.06. The first-order valence-electron chi connectivity index (χ1n) is 7.30. The fourth-order valence-corrected chi connectivity index (χ4v) is 3.04. The number of furan rings is 1. The van der Waals surface area contributed by atoms with Crippen molar-refractivity contribution in [1.82, 2.24) is 4.90 Å². The third-order valence-corrected chi connectivity index (χ3v) is 4.28. The highest BCUT2D eigenvalue weighted by Crippen LogP contribution is 2.32. The molecule has 0 aromatic carbocycles. The van der Waals surface area contributed by atoms with E-state index in [0.29, 0.717) is 17.6 Å². The van der Waals surface area contributed by atoms with Gasteiger partial charge in [0, 0.05) is 18.9 Å². The lowest BCUT2D eigenvalue weighted by Crippen LogP contribution is -2.35. The van der Waals surface area contributed by atoms with Crippen molar-refractivity contribution in [2.75, 3.05) is 13.6 Å². The number of rotatable bonds is 5. The number of hydrogen-bond acceptors (Lipinski definition) is 3. The lowest BCUT2D eigenvalue weighted by atomic mass is 9.75. The molecule has 3 heteroatoms. The third kappa shape index (κ3) is 3.93. The number of hydrogen-bond donors (Lipinski definition) is 0. The summed E-state index contributed by atoms with van der Waals surface area (Å²) in [6.45, 7) is 6.17. The zero-order valence-corrected chi connectivity index (χ0v) is 12.3. The number of Topliss-reactive ketones (excluding diaryl/α,β-unsaturated/α-hetero) is 1. The smallest absolute Gasteiger partial charge is 0.137 e. The van der Waals surface area contributed by atoms with Gasteiger partial charge in [0.05, 0.1) is 12.8 Å². The van der Waals surface area contributed by atoms with Gasteiger partial charge in [-0.05, 0) is 43.9 Å². The van der Waals surface area contributed by atoms with E-state index in [2.05, 4.69) is 25.8 Å². The Kier molecular flexibility index (Phi) is 4.81. The molecule has 1 aromatic heterocycles. The highest BCUT2D eigenvalue weighted by Gasteiger charge is 2.30. The van der Waals surface area contributed by atoms with Gasteiger partial charge in [-0.2, -0.15) is 0 Å². The summed E-state index contributed by atoms with van der Waals surface area (Å²) >= 11 is 0. The van der Waals surface area contributed by atoms with E-state index >= 15 is 0 Å². The molecule has 1 aromatic rings. The zero-order chi connectivity index (χ0) is 13.8. The Balaban J connectivity index is 1.87. The molecule has 2 rings (SSSR count). The molecule has 0 amide bonds. The third-order valence-electron chi connectivity index (χ3n) is 4.28. The molecule has 0 spiro atoms. The molecule has 0 saturated heterocycles. The molecule has 3 nitrogen and oxygen atoms in total. The van der Waals surface area contributed by atoms with E-state index in [4.69, 9.17) is 4.42 Å². The van der Waals surface area contributed by atoms with Crippen molar-refractivity contribution >= 4 is 5.78 Å². The Morgan fingerprint density at radius 3 is 2.89 bits per heavy atom. The van der Waals surface area contributed by atoms with Crippen LogP contribution in [0.25, 0.3) is 0 Å². The number of carbonyl (C=O) groups excluding carboxylic acids is 1. The van der Waals surface area contributed by atoms with Crippen LogP contribution in [-0.2, 0) is 11.3 Å². The molecule has 2 atom stereocenters. The predicted octanol–water partition coefficient (Wildman–Crippen LogP) is 3.35. The van der Waals surface area contributed by atoms with Gasteiger partial charge in [-0.1, -0.05) is 13.8 Å². The average Bonchev–Trinajstić information content (AvgIpc) is 2.84. The molecule has 2 unspecified atom stereocenters. The molecule has 0 bridgehead atoms. The lowest BCUT2D eigenvalue weighted by molar-refractivity contribution is -0.126. The fraction of sp³-hybridized carbons (Fsp3) is 0.688. The largest absolute Gasteiger partial charge is 0.468 e. The van der Waals surface area contributed by atoms with Crippen LogP contribution in [0, 0.1) is 17.8 Å². The van der Waals surface area contributed by atoms with Gasteiger partial charge >= 0.3 is 0 Å². The van der Waals surface area contributed by atoms with Gasteiger partial charge in [-0.25, -0.2) is 0 Å². The first-order chi connectivity index (χ1) is 9.06. The molecule has 0 aliphatic heterocycles. The average molecular weight is 263 g/mol. The summed E-state index contributed by atoms with van der Waals surface area (Å²) in [5.41, 5.74) is 0. The fourth-order valence-electron chi connectivity index (χ4n) is 3.04. The molecule has 1 aliphatic carbocycles. The van der Waals surface area contributed by atoms with E-state index in [-0.39, 0.29) is 5.92 Å². The van der Waals surface area contributed by atoms with Gasteiger partial charge in [0.2, 0.25) is 0 Å². The second-order valence-electron chi connectivity index (χ2n) is 6.22. The van der Waals surface area contributed by atoms with Crippen LogP contribution >= 0.6 is 0 Å². The van der Waals surface area contributed by atoms with Crippen molar-refractivity contribution in [3.63, 3.8) is 0 Å². The van der Waals surface area contributed by atoms with E-state index in [9.17, 15) is 4.79 Å². The quantitative estimate of drug-likeness (QED) is 0.817. The van der Waals surface area contributed by atoms with Crippen LogP contribution in [-0.4, -0.2) is 24.3 Å². The summed E-state index contributed by atoms with van der Waals surface area (Å²) in [5, 5.41) is 0. The maximum atomic E-state index is 12.1. The topological polar surface area (TPSA) is 33.5 Å². The molecule has 1 saturated carbocycles. The van der Waals surface area contributed by atoms with E-state index < -0.39 is 0 Å². The summed E-state index contributed by atoms with van der Waals surface area (Å²) in [6.07, 6.45) is 4.60. The Morgan fingerprint density at radius 2 is 2.26 bits per heavy atom. The van der Waals surface area contributed by atoms with Gasteiger partial charge in [-0.15, -0.1) is 0 Å². The minimum Gasteiger partial charge on any atom is -0.468 e. The molecular weight excluding hydrogens is 238 g/mol. The van der Waals surface area contributed by atoms with Crippen molar-refractivity contribution in [3.05, 3.63) is 24.2 Å². The first kappa shape index (κ1) is 14.3. The van der Waals surface area contributed by atoms with Crippen LogP contribution < -0.4 is 0 Å². The van der Waals surface area contributed by atoms with Crippen LogP contribution in [0.1, 0.15) is 38.9 Å². The number of carbonyl (C=O) groups is 1. The van der Waals surface area contributed by atoms with Gasteiger partial charge < -0.3 is 4.42 Å². The van der Waals surface area contributed by atoms with E-state index in [1.54, 1.807) is 6.26 Å². The van der Waals surface area contributed by atoms with E-state index in [1.165, 1.54) is 0 Å². The minimum absolute atomic E-state index is 0.209. The summed E-state index contributed by atoms with van der Waals surface area (Å²) < 4.78 is 5.35. The summed E-state index contributed by atoms with van der Waals surface area (Å²) in [4.78, 5) is 14.2. The predicted molar refractivity (Wildman–Crippen MR) is 75.7 cm³/mol. The summed E-state index contributed by atoms with van der Waals surface area (Å²) in [6, 6.07) is 3.89. The first-order valence-corrected chi connectivity index (χ1v) is 7.30. The molecule has 0 N–H and O–H groups in total. The Morgan fingerprint density at radius 1 is 1.47 bits per heavy atom. The number of nitrogens with zero attached hydrogens (tertiary/aromatic N) is 1.